The third kappa shape index (κ3) is 4.39. The van der Waals surface area contributed by atoms with Crippen molar-refractivity contribution in [3.8, 4) is 0 Å². The van der Waals surface area contributed by atoms with Crippen LogP contribution in [0, 0.1) is 5.41 Å². The Labute approximate surface area is 206 Å². The maximum atomic E-state index is 14.0. The summed E-state index contributed by atoms with van der Waals surface area (Å²) in [6.07, 6.45) is 3.52. The maximum Gasteiger partial charge on any atom is 0.339 e. The average molecular weight is 470 g/mol. The molecule has 5 nitrogen and oxygen atoms in total. The molecule has 1 aliphatic rings. The summed E-state index contributed by atoms with van der Waals surface area (Å²) in [5.74, 6) is -1.00. The molecule has 3 aromatic rings. The third-order valence-corrected chi connectivity index (χ3v) is 7.02. The first-order valence-corrected chi connectivity index (χ1v) is 12.0. The van der Waals surface area contributed by atoms with Crippen molar-refractivity contribution in [2.75, 3.05) is 14.2 Å². The van der Waals surface area contributed by atoms with Crippen molar-refractivity contribution in [2.24, 2.45) is 10.4 Å². The predicted molar refractivity (Wildman–Crippen MR) is 136 cm³/mol. The standard InChI is InChI=1S/C30H31NO4/c1-34-27(32)29(21-13-6-14-22-29)30(28(33)35-2,25-19-11-5-12-20-25)31-26(23-15-7-3-8-16-23)24-17-9-4-10-18-24/h3-5,7-12,15-20H,6,13-14,21-22H2,1-2H3/t30-/m1/s1. The molecule has 0 aliphatic heterocycles. The van der Waals surface area contributed by atoms with Gasteiger partial charge < -0.3 is 9.47 Å². The number of hydrogen-bond donors (Lipinski definition) is 0. The highest BCUT2D eigenvalue weighted by Crippen LogP contribution is 2.54. The summed E-state index contributed by atoms with van der Waals surface area (Å²) in [5, 5.41) is 0. The fourth-order valence-electron chi connectivity index (χ4n) is 5.35. The molecule has 0 N–H and O–H groups in total. The number of hydrogen-bond acceptors (Lipinski definition) is 5. The van der Waals surface area contributed by atoms with Crippen LogP contribution < -0.4 is 0 Å². The molecule has 1 atom stereocenters. The van der Waals surface area contributed by atoms with E-state index in [0.717, 1.165) is 30.4 Å². The van der Waals surface area contributed by atoms with E-state index in [9.17, 15) is 9.59 Å². The minimum absolute atomic E-state index is 0.435. The van der Waals surface area contributed by atoms with Gasteiger partial charge in [-0.3, -0.25) is 9.79 Å². The Hall–Kier alpha value is -3.73. The summed E-state index contributed by atoms with van der Waals surface area (Å²) in [6.45, 7) is 0. The van der Waals surface area contributed by atoms with Crippen LogP contribution >= 0.6 is 0 Å². The van der Waals surface area contributed by atoms with Gasteiger partial charge in [0.05, 0.1) is 19.9 Å². The second kappa shape index (κ2) is 10.7. The molecule has 0 radical (unpaired) electrons. The molecule has 0 spiro atoms. The lowest BCUT2D eigenvalue weighted by Gasteiger charge is -2.46. The van der Waals surface area contributed by atoms with Gasteiger partial charge in [-0.25, -0.2) is 4.79 Å². The monoisotopic (exact) mass is 469 g/mol. The van der Waals surface area contributed by atoms with Crippen LogP contribution in [-0.2, 0) is 24.6 Å². The van der Waals surface area contributed by atoms with Gasteiger partial charge in [0.1, 0.15) is 5.41 Å². The van der Waals surface area contributed by atoms with E-state index < -0.39 is 22.9 Å². The first-order valence-electron chi connectivity index (χ1n) is 12.0. The zero-order chi connectivity index (χ0) is 24.7. The number of methoxy groups -OCH3 is 2. The van der Waals surface area contributed by atoms with Gasteiger partial charge in [-0.2, -0.15) is 0 Å². The van der Waals surface area contributed by atoms with Crippen molar-refractivity contribution < 1.29 is 19.1 Å². The van der Waals surface area contributed by atoms with E-state index in [1.54, 1.807) is 0 Å². The second-order valence-corrected chi connectivity index (χ2v) is 8.89. The number of benzene rings is 3. The average Bonchev–Trinajstić information content (AvgIpc) is 2.94. The van der Waals surface area contributed by atoms with Gasteiger partial charge in [0.15, 0.2) is 5.54 Å². The fraction of sp³-hybridized carbons (Fsp3) is 0.300. The number of rotatable bonds is 7. The predicted octanol–water partition coefficient (Wildman–Crippen LogP) is 5.72. The van der Waals surface area contributed by atoms with E-state index in [0.29, 0.717) is 24.1 Å². The van der Waals surface area contributed by atoms with E-state index in [1.807, 2.05) is 91.0 Å². The number of carbonyl (C=O) groups excluding carboxylic acids is 2. The summed E-state index contributed by atoms with van der Waals surface area (Å²) in [5.41, 5.74) is 0.0936. The van der Waals surface area contributed by atoms with Crippen molar-refractivity contribution in [2.45, 2.75) is 37.6 Å². The van der Waals surface area contributed by atoms with Crippen LogP contribution in [0.4, 0.5) is 0 Å². The van der Waals surface area contributed by atoms with Gasteiger partial charge in [-0.15, -0.1) is 0 Å². The molecule has 180 valence electrons. The molecule has 0 amide bonds. The largest absolute Gasteiger partial charge is 0.468 e. The molecule has 0 heterocycles. The molecular formula is C30H31NO4. The summed E-state index contributed by atoms with van der Waals surface area (Å²) >= 11 is 0. The van der Waals surface area contributed by atoms with Crippen molar-refractivity contribution in [1.29, 1.82) is 0 Å². The quantitative estimate of drug-likeness (QED) is 0.328. The summed E-state index contributed by atoms with van der Waals surface area (Å²) in [7, 11) is 2.73. The topological polar surface area (TPSA) is 65.0 Å². The number of esters is 2. The fourth-order valence-corrected chi connectivity index (χ4v) is 5.35. The molecule has 0 aromatic heterocycles. The van der Waals surface area contributed by atoms with Crippen molar-refractivity contribution in [3.63, 3.8) is 0 Å². The minimum atomic E-state index is -1.63. The SMILES string of the molecule is COC(=O)C1([C@](N=C(c2ccccc2)c2ccccc2)(C(=O)OC)c2ccccc2)CCCCC1. The first kappa shape index (κ1) is 24.4. The molecule has 0 bridgehead atoms. The van der Waals surface area contributed by atoms with Crippen LogP contribution in [0.3, 0.4) is 0 Å². The van der Waals surface area contributed by atoms with Gasteiger partial charge in [0, 0.05) is 11.1 Å². The lowest BCUT2D eigenvalue weighted by atomic mass is 9.58. The molecule has 5 heteroatoms. The lowest BCUT2D eigenvalue weighted by Crippen LogP contribution is -2.57. The Balaban J connectivity index is 2.14. The van der Waals surface area contributed by atoms with Gasteiger partial charge in [0.25, 0.3) is 0 Å². The van der Waals surface area contributed by atoms with Crippen molar-refractivity contribution in [1.82, 2.24) is 0 Å². The summed E-state index contributed by atoms with van der Waals surface area (Å²) < 4.78 is 10.9. The molecule has 35 heavy (non-hydrogen) atoms. The van der Waals surface area contributed by atoms with Crippen LogP contribution in [0.25, 0.3) is 0 Å². The maximum absolute atomic E-state index is 14.0. The third-order valence-electron chi connectivity index (χ3n) is 7.02. The summed E-state index contributed by atoms with van der Waals surface area (Å²) in [6, 6.07) is 28.8. The molecule has 1 saturated carbocycles. The Morgan fingerprint density at radius 2 is 1.20 bits per heavy atom. The smallest absolute Gasteiger partial charge is 0.339 e. The molecule has 0 unspecified atom stereocenters. The Bertz CT molecular complexity index is 1130. The van der Waals surface area contributed by atoms with Crippen LogP contribution in [0.5, 0.6) is 0 Å². The van der Waals surface area contributed by atoms with Gasteiger partial charge in [0.2, 0.25) is 0 Å². The normalized spacial score (nSPS) is 16.4. The van der Waals surface area contributed by atoms with E-state index in [1.165, 1.54) is 14.2 Å². The number of nitrogens with zero attached hydrogens (tertiary/aromatic N) is 1. The Morgan fingerprint density at radius 3 is 1.66 bits per heavy atom. The van der Waals surface area contributed by atoms with Crippen LogP contribution in [0.15, 0.2) is 96.0 Å². The van der Waals surface area contributed by atoms with Crippen LogP contribution in [-0.4, -0.2) is 31.9 Å². The molecule has 4 rings (SSSR count). The molecule has 0 saturated heterocycles. The van der Waals surface area contributed by atoms with E-state index in [-0.39, 0.29) is 0 Å². The molecule has 1 fully saturated rings. The van der Waals surface area contributed by atoms with Crippen LogP contribution in [0.1, 0.15) is 48.8 Å². The van der Waals surface area contributed by atoms with E-state index in [4.69, 9.17) is 14.5 Å². The zero-order valence-corrected chi connectivity index (χ0v) is 20.3. The van der Waals surface area contributed by atoms with Crippen molar-refractivity contribution in [3.05, 3.63) is 108 Å². The zero-order valence-electron chi connectivity index (χ0n) is 20.3. The van der Waals surface area contributed by atoms with Gasteiger partial charge >= 0.3 is 11.9 Å². The molecule has 3 aromatic carbocycles. The molecular weight excluding hydrogens is 438 g/mol. The van der Waals surface area contributed by atoms with E-state index in [2.05, 4.69) is 0 Å². The highest BCUT2D eigenvalue weighted by molar-refractivity contribution is 6.14. The lowest BCUT2D eigenvalue weighted by molar-refractivity contribution is -0.172. The van der Waals surface area contributed by atoms with Crippen LogP contribution in [0.2, 0.25) is 0 Å². The van der Waals surface area contributed by atoms with Gasteiger partial charge in [-0.1, -0.05) is 110 Å². The molecule has 1 aliphatic carbocycles. The minimum Gasteiger partial charge on any atom is -0.468 e. The first-order chi connectivity index (χ1) is 17.1. The summed E-state index contributed by atoms with van der Waals surface area (Å²) in [4.78, 5) is 33.0. The highest BCUT2D eigenvalue weighted by atomic mass is 16.5. The number of aliphatic imine (C=N–C) groups is 1. The van der Waals surface area contributed by atoms with Gasteiger partial charge in [-0.05, 0) is 18.4 Å². The van der Waals surface area contributed by atoms with Crippen molar-refractivity contribution >= 4 is 17.7 Å². The van der Waals surface area contributed by atoms with E-state index >= 15 is 0 Å². The number of ether oxygens (including phenoxy) is 2. The Morgan fingerprint density at radius 1 is 0.714 bits per heavy atom. The second-order valence-electron chi connectivity index (χ2n) is 8.89. The highest BCUT2D eigenvalue weighted by Gasteiger charge is 2.64. The number of carbonyl (C=O) groups is 2. The Kier molecular flexibility index (Phi) is 7.45.